The number of sulfonamides is 1. The molecule has 220 valence electrons. The predicted molar refractivity (Wildman–Crippen MR) is 163 cm³/mol. The molecule has 0 atom stereocenters. The Hall–Kier alpha value is -2.09. The number of anilines is 1. The van der Waals surface area contributed by atoms with Gasteiger partial charge in [-0.2, -0.15) is 4.31 Å². The molecule has 13 heteroatoms. The summed E-state index contributed by atoms with van der Waals surface area (Å²) < 4.78 is 53.2. The Morgan fingerprint density at radius 2 is 1.57 bits per heavy atom. The number of hydrogen-bond donors (Lipinski definition) is 0. The second-order valence-electron chi connectivity index (χ2n) is 10.2. The number of rotatable bonds is 10. The van der Waals surface area contributed by atoms with E-state index in [4.69, 9.17) is 0 Å². The number of benzene rings is 2. The van der Waals surface area contributed by atoms with Gasteiger partial charge in [0.05, 0.1) is 20.0 Å². The van der Waals surface area contributed by atoms with Crippen LogP contribution in [0.3, 0.4) is 0 Å². The number of fused-ring (bicyclic) bond motifs is 1. The molecule has 9 nitrogen and oxygen atoms in total. The maximum atomic E-state index is 13.7. The van der Waals surface area contributed by atoms with Crippen molar-refractivity contribution >= 4 is 64.9 Å². The summed E-state index contributed by atoms with van der Waals surface area (Å²) in [4.78, 5) is 22.2. The zero-order valence-electron chi connectivity index (χ0n) is 23.2. The van der Waals surface area contributed by atoms with Gasteiger partial charge in [-0.05, 0) is 69.4 Å². The van der Waals surface area contributed by atoms with Crippen LogP contribution in [0.5, 0.6) is 0 Å². The predicted octanol–water partition coefficient (Wildman–Crippen LogP) is 4.67. The lowest BCUT2D eigenvalue weighted by Gasteiger charge is -2.32. The minimum Gasteiger partial charge on any atom is -0.308 e. The van der Waals surface area contributed by atoms with Crippen molar-refractivity contribution in [2.45, 2.75) is 54.9 Å². The zero-order valence-corrected chi connectivity index (χ0v) is 26.5. The van der Waals surface area contributed by atoms with Crippen LogP contribution in [0.1, 0.15) is 49.4 Å². The summed E-state index contributed by atoms with van der Waals surface area (Å²) in [6.45, 7) is 3.21. The smallest absolute Gasteiger partial charge is 0.260 e. The number of sulfone groups is 1. The summed E-state index contributed by atoms with van der Waals surface area (Å²) in [5.74, 6) is -0.303. The Bertz CT molecular complexity index is 1530. The fraction of sp³-hybridized carbons (Fsp3) is 0.481. The molecule has 1 saturated carbocycles. The summed E-state index contributed by atoms with van der Waals surface area (Å²) in [6, 6.07) is 10.9. The molecule has 0 aliphatic heterocycles. The van der Waals surface area contributed by atoms with Crippen molar-refractivity contribution in [1.82, 2.24) is 14.2 Å². The standard InChI is InChI=1S/C27H36N4O5S3.ClH/c1-5-31(21-9-7-6-8-10-21)39(35,36)22-13-11-20(12-14-22)26(32)30(18-17-29(2)3)27-28-24-16-15-23(38(4,33)34)19-25(24)37-27;/h11-16,19,21H,5-10,17-18H2,1-4H3;1H. The van der Waals surface area contributed by atoms with Gasteiger partial charge in [-0.15, -0.1) is 12.4 Å². The minimum atomic E-state index is -3.68. The first-order valence-corrected chi connectivity index (χ1v) is 17.3. The van der Waals surface area contributed by atoms with Crippen molar-refractivity contribution in [2.75, 3.05) is 44.9 Å². The molecule has 0 saturated heterocycles. The third kappa shape index (κ3) is 7.21. The lowest BCUT2D eigenvalue weighted by atomic mass is 9.95. The fourth-order valence-corrected chi connectivity index (χ4v) is 8.32. The summed E-state index contributed by atoms with van der Waals surface area (Å²) in [6.07, 6.45) is 6.11. The first-order chi connectivity index (χ1) is 18.4. The van der Waals surface area contributed by atoms with Gasteiger partial charge in [-0.25, -0.2) is 21.8 Å². The van der Waals surface area contributed by atoms with Crippen LogP contribution < -0.4 is 4.90 Å². The van der Waals surface area contributed by atoms with Gasteiger partial charge in [-0.3, -0.25) is 9.69 Å². The monoisotopic (exact) mass is 628 g/mol. The molecule has 0 N–H and O–H groups in total. The average Bonchev–Trinajstić information content (AvgIpc) is 3.32. The van der Waals surface area contributed by atoms with E-state index in [-0.39, 0.29) is 34.1 Å². The van der Waals surface area contributed by atoms with Crippen LogP contribution in [0, 0.1) is 0 Å². The molecular weight excluding hydrogens is 592 g/mol. The van der Waals surface area contributed by atoms with Crippen LogP contribution in [0.15, 0.2) is 52.3 Å². The van der Waals surface area contributed by atoms with Crippen LogP contribution in [-0.4, -0.2) is 83.0 Å². The van der Waals surface area contributed by atoms with E-state index in [2.05, 4.69) is 4.98 Å². The highest BCUT2D eigenvalue weighted by atomic mass is 35.5. The molecule has 1 fully saturated rings. The van der Waals surface area contributed by atoms with E-state index in [0.717, 1.165) is 38.4 Å². The van der Waals surface area contributed by atoms with Crippen LogP contribution in [0.4, 0.5) is 5.13 Å². The molecule has 2 aromatic carbocycles. The van der Waals surface area contributed by atoms with Crippen LogP contribution in [0.2, 0.25) is 0 Å². The molecule has 1 aromatic heterocycles. The van der Waals surface area contributed by atoms with Crippen LogP contribution in [0.25, 0.3) is 10.2 Å². The molecule has 0 spiro atoms. The topological polar surface area (TPSA) is 108 Å². The molecule has 0 radical (unpaired) electrons. The molecule has 1 aliphatic carbocycles. The second kappa shape index (κ2) is 13.3. The quantitative estimate of drug-likeness (QED) is 0.321. The lowest BCUT2D eigenvalue weighted by Crippen LogP contribution is -2.41. The number of amides is 1. The molecule has 3 aromatic rings. The van der Waals surface area contributed by atoms with Crippen LogP contribution in [-0.2, 0) is 19.9 Å². The van der Waals surface area contributed by atoms with Crippen molar-refractivity contribution in [1.29, 1.82) is 0 Å². The van der Waals surface area contributed by atoms with E-state index in [1.807, 2.05) is 25.9 Å². The maximum Gasteiger partial charge on any atom is 0.260 e. The summed E-state index contributed by atoms with van der Waals surface area (Å²) >= 11 is 1.25. The van der Waals surface area contributed by atoms with E-state index in [1.54, 1.807) is 33.5 Å². The molecule has 4 rings (SSSR count). The van der Waals surface area contributed by atoms with Crippen LogP contribution >= 0.6 is 23.7 Å². The molecule has 1 heterocycles. The number of aromatic nitrogens is 1. The summed E-state index contributed by atoms with van der Waals surface area (Å²) in [5.41, 5.74) is 0.957. The normalized spacial score (nSPS) is 14.9. The van der Waals surface area contributed by atoms with Gasteiger partial charge < -0.3 is 4.90 Å². The largest absolute Gasteiger partial charge is 0.308 e. The number of carbonyl (C=O) groups excluding carboxylic acids is 1. The Morgan fingerprint density at radius 1 is 0.950 bits per heavy atom. The number of hydrogen-bond acceptors (Lipinski definition) is 8. The van der Waals surface area contributed by atoms with Crippen molar-refractivity contribution in [2.24, 2.45) is 0 Å². The average molecular weight is 629 g/mol. The third-order valence-electron chi connectivity index (χ3n) is 7.03. The third-order valence-corrected chi connectivity index (χ3v) is 11.2. The van der Waals surface area contributed by atoms with Crippen molar-refractivity contribution in [3.63, 3.8) is 0 Å². The van der Waals surface area contributed by atoms with E-state index in [1.165, 1.54) is 29.5 Å². The van der Waals surface area contributed by atoms with E-state index < -0.39 is 19.9 Å². The molecule has 0 unspecified atom stereocenters. The second-order valence-corrected chi connectivity index (χ2v) is 15.1. The highest BCUT2D eigenvalue weighted by Crippen LogP contribution is 2.32. The van der Waals surface area contributed by atoms with E-state index in [0.29, 0.717) is 40.5 Å². The molecular formula is C27H37ClN4O5S3. The highest BCUT2D eigenvalue weighted by molar-refractivity contribution is 7.90. The Kier molecular flexibility index (Phi) is 10.7. The van der Waals surface area contributed by atoms with Gasteiger partial charge in [0.2, 0.25) is 10.0 Å². The molecule has 1 aliphatic rings. The molecule has 40 heavy (non-hydrogen) atoms. The van der Waals surface area contributed by atoms with Gasteiger partial charge in [0, 0.05) is 37.5 Å². The van der Waals surface area contributed by atoms with Gasteiger partial charge >= 0.3 is 0 Å². The van der Waals surface area contributed by atoms with E-state index in [9.17, 15) is 21.6 Å². The minimum absolute atomic E-state index is 0. The first-order valence-electron chi connectivity index (χ1n) is 13.1. The number of nitrogens with zero attached hydrogens (tertiary/aromatic N) is 4. The van der Waals surface area contributed by atoms with Gasteiger partial charge in [0.15, 0.2) is 15.0 Å². The zero-order chi connectivity index (χ0) is 28.4. The number of likely N-dealkylation sites (N-methyl/N-ethyl adjacent to an activating group) is 1. The number of thiazole rings is 1. The molecule has 0 bridgehead atoms. The summed E-state index contributed by atoms with van der Waals surface area (Å²) in [7, 11) is -3.24. The fourth-order valence-electron chi connectivity index (χ4n) is 4.88. The number of carbonyl (C=O) groups is 1. The van der Waals surface area contributed by atoms with Crippen molar-refractivity contribution in [3.8, 4) is 0 Å². The first kappa shape index (κ1) is 32.4. The SMILES string of the molecule is CCN(C1CCCCC1)S(=O)(=O)c1ccc(C(=O)N(CCN(C)C)c2nc3ccc(S(C)(=O)=O)cc3s2)cc1.Cl. The maximum absolute atomic E-state index is 13.7. The Morgan fingerprint density at radius 3 is 2.15 bits per heavy atom. The van der Waals surface area contributed by atoms with E-state index >= 15 is 0 Å². The lowest BCUT2D eigenvalue weighted by molar-refractivity contribution is 0.0985. The van der Waals surface area contributed by atoms with Crippen molar-refractivity contribution in [3.05, 3.63) is 48.0 Å². The number of halogens is 1. The van der Waals surface area contributed by atoms with Crippen molar-refractivity contribution < 1.29 is 21.6 Å². The highest BCUT2D eigenvalue weighted by Gasteiger charge is 2.31. The molecule has 1 amide bonds. The van der Waals surface area contributed by atoms with Gasteiger partial charge in [-0.1, -0.05) is 37.5 Å². The Labute approximate surface area is 247 Å². The summed E-state index contributed by atoms with van der Waals surface area (Å²) in [5, 5.41) is 0.452. The Balaban J connectivity index is 0.00000441. The van der Waals surface area contributed by atoms with Gasteiger partial charge in [0.1, 0.15) is 0 Å². The van der Waals surface area contributed by atoms with Gasteiger partial charge in [0.25, 0.3) is 5.91 Å².